The Balaban J connectivity index is 0.00000165. The van der Waals surface area contributed by atoms with Gasteiger partial charge >= 0.3 is 25.2 Å². The molecule has 4 aromatic carbocycles. The molecule has 2 atom stereocenters. The minimum absolute atomic E-state index is 0.0327. The zero-order valence-corrected chi connectivity index (χ0v) is 24.9. The van der Waals surface area contributed by atoms with Crippen molar-refractivity contribution in [1.29, 1.82) is 0 Å². The molecule has 0 aliphatic carbocycles. The van der Waals surface area contributed by atoms with Crippen molar-refractivity contribution in [1.82, 2.24) is 0 Å². The molecule has 0 radical (unpaired) electrons. The summed E-state index contributed by atoms with van der Waals surface area (Å²) < 4.78 is 12.9. The summed E-state index contributed by atoms with van der Waals surface area (Å²) in [5.41, 5.74) is 4.68. The molecule has 1 fully saturated rings. The Kier molecular flexibility index (Phi) is 10.9. The Hall–Kier alpha value is -3.11. The number of rotatable bonds is 2. The average molecular weight is 617 g/mol. The van der Waals surface area contributed by atoms with Crippen LogP contribution < -0.4 is 19.3 Å². The maximum Gasteiger partial charge on any atom is 0.140 e. The Morgan fingerprint density at radius 2 is 0.878 bits per heavy atom. The molecule has 2 heterocycles. The van der Waals surface area contributed by atoms with Crippen molar-refractivity contribution < 1.29 is 24.6 Å². The Morgan fingerprint density at radius 3 is 1.32 bits per heavy atom. The van der Waals surface area contributed by atoms with Crippen molar-refractivity contribution in [3.63, 3.8) is 0 Å². The van der Waals surface area contributed by atoms with E-state index in [-0.39, 0.29) is 12.1 Å². The van der Waals surface area contributed by atoms with Gasteiger partial charge in [0.05, 0.1) is 36.7 Å². The molecule has 6 rings (SSSR count). The number of benzene rings is 4. The first-order valence-corrected chi connectivity index (χ1v) is 15.8. The smallest absolute Gasteiger partial charge is 0.140 e. The predicted molar refractivity (Wildman–Crippen MR) is 165 cm³/mol. The summed E-state index contributed by atoms with van der Waals surface area (Å²) in [7, 11) is 4.20. The van der Waals surface area contributed by atoms with Crippen LogP contribution in [-0.2, 0) is 15.1 Å². The van der Waals surface area contributed by atoms with Crippen LogP contribution in [0.25, 0.3) is 0 Å². The largest absolute Gasteiger partial charge is 0.493 e. The van der Waals surface area contributed by atoms with Crippen molar-refractivity contribution >= 4 is 21.5 Å². The fourth-order valence-corrected chi connectivity index (χ4v) is 5.85. The molecule has 0 spiro atoms. The summed E-state index contributed by atoms with van der Waals surface area (Å²) in [6.45, 7) is 3.73. The Labute approximate surface area is 257 Å². The van der Waals surface area contributed by atoms with Gasteiger partial charge in [-0.25, -0.2) is 0 Å². The number of halogens is 1. The number of nitrogens with zero attached hydrogens (tertiary/aromatic N) is 2. The maximum atomic E-state index is 6.45. The van der Waals surface area contributed by atoms with Crippen molar-refractivity contribution in [2.24, 2.45) is 0 Å². The van der Waals surface area contributed by atoms with Gasteiger partial charge in [-0.05, 0) is 48.2 Å². The standard InChI is InChI=1S/C35H37N2O2.ClH.Cu/c1-2-4-16-26-39-33-24-14-12-22-31(33)37-27-36(30-21-11-13-23-32(30)38-25-15-3-1)34(28-17-7-5-8-18-28)35(37)29-19-9-6-10-20-29;;/h5-14,17-24,27,34-35H,1-4,15-16,25-26H2;1H;/q-1;;+2/p-1/t34-,35-;;/m0../s1. The van der Waals surface area contributed by atoms with E-state index >= 15 is 0 Å². The van der Waals surface area contributed by atoms with Crippen LogP contribution >= 0.6 is 10.1 Å². The third kappa shape index (κ3) is 7.04. The van der Waals surface area contributed by atoms with Crippen molar-refractivity contribution in [2.45, 2.75) is 50.6 Å². The van der Waals surface area contributed by atoms with Gasteiger partial charge in [0.1, 0.15) is 11.5 Å². The van der Waals surface area contributed by atoms with Crippen LogP contribution in [0.4, 0.5) is 11.4 Å². The molecule has 0 unspecified atom stereocenters. The normalized spacial score (nSPS) is 19.4. The van der Waals surface area contributed by atoms with E-state index in [1.807, 2.05) is 0 Å². The molecule has 0 N–H and O–H groups in total. The van der Waals surface area contributed by atoms with Crippen molar-refractivity contribution in [3.8, 4) is 11.5 Å². The fourth-order valence-electron chi connectivity index (χ4n) is 5.85. The van der Waals surface area contributed by atoms with Crippen molar-refractivity contribution in [3.05, 3.63) is 127 Å². The van der Waals surface area contributed by atoms with Gasteiger partial charge < -0.3 is 19.3 Å². The van der Waals surface area contributed by atoms with E-state index in [0.29, 0.717) is 0 Å². The topological polar surface area (TPSA) is 24.9 Å². The van der Waals surface area contributed by atoms with Crippen LogP contribution in [0.3, 0.4) is 0 Å². The van der Waals surface area contributed by atoms with Crippen LogP contribution in [0.1, 0.15) is 61.7 Å². The van der Waals surface area contributed by atoms with Gasteiger partial charge in [-0.2, -0.15) is 6.67 Å². The first kappa shape index (κ1) is 29.4. The first-order chi connectivity index (χ1) is 20.4. The summed E-state index contributed by atoms with van der Waals surface area (Å²) in [6, 6.07) is 38.7. The number of para-hydroxylation sites is 4. The quantitative estimate of drug-likeness (QED) is 0.166. The van der Waals surface area contributed by atoms with E-state index in [0.717, 1.165) is 48.9 Å². The molecule has 2 aliphatic heterocycles. The number of hydrogen-bond donors (Lipinski definition) is 0. The van der Waals surface area contributed by atoms with Crippen LogP contribution in [0.2, 0.25) is 0 Å². The Morgan fingerprint density at radius 1 is 0.512 bits per heavy atom. The van der Waals surface area contributed by atoms with E-state index in [2.05, 4.69) is 151 Å². The number of ether oxygens (including phenoxy) is 2. The number of hydrogen-bond acceptors (Lipinski definition) is 4. The van der Waals surface area contributed by atoms with Gasteiger partial charge in [-0.3, -0.25) is 0 Å². The van der Waals surface area contributed by atoms with Crippen LogP contribution in [0.5, 0.6) is 11.5 Å². The molecule has 0 aromatic heterocycles. The zero-order valence-electron chi connectivity index (χ0n) is 23.2. The molecule has 1 saturated heterocycles. The maximum absolute atomic E-state index is 6.45. The second-order valence-electron chi connectivity index (χ2n) is 10.4. The summed E-state index contributed by atoms with van der Waals surface area (Å²) in [5.74, 6) is 1.86. The fraction of sp³-hybridized carbons (Fsp3) is 0.286. The minimum Gasteiger partial charge on any atom is -0.493 e. The Bertz CT molecular complexity index is 1240. The molecule has 4 aromatic rings. The molecular formula is C35H37ClCuN2O2. The van der Waals surface area contributed by atoms with Gasteiger partial charge in [0.2, 0.25) is 0 Å². The van der Waals surface area contributed by atoms with Crippen LogP contribution in [0, 0.1) is 6.67 Å². The molecule has 0 amide bonds. The van der Waals surface area contributed by atoms with Crippen molar-refractivity contribution in [2.75, 3.05) is 23.0 Å². The SMILES string of the molecule is [Cl][Cu+].c1ccc([C@H]2[C@H](c3ccccc3)N3[CH-]N2c2ccccc2OCCCCCCCCOc2ccccc23)cc1. The van der Waals surface area contributed by atoms with E-state index in [1.54, 1.807) is 0 Å². The minimum atomic E-state index is 0.0327. The molecule has 6 heteroatoms. The van der Waals surface area contributed by atoms with E-state index < -0.39 is 0 Å². The molecule has 2 bridgehead atoms. The summed E-state index contributed by atoms with van der Waals surface area (Å²) in [4.78, 5) is 4.80. The van der Waals surface area contributed by atoms with Gasteiger partial charge in [-0.15, -0.1) is 0 Å². The molecule has 41 heavy (non-hydrogen) atoms. The number of anilines is 2. The van der Waals surface area contributed by atoms with Gasteiger partial charge in [0.25, 0.3) is 0 Å². The summed E-state index contributed by atoms with van der Waals surface area (Å²) >= 11 is 3.66. The number of fused-ring (bicyclic) bond motifs is 6. The second kappa shape index (κ2) is 15.2. The zero-order chi connectivity index (χ0) is 28.3. The van der Waals surface area contributed by atoms with Crippen LogP contribution in [0.15, 0.2) is 109 Å². The summed E-state index contributed by atoms with van der Waals surface area (Å²) in [6.07, 6.45) is 7.01. The average Bonchev–Trinajstić information content (AvgIpc) is 3.44. The third-order valence-corrected chi connectivity index (χ3v) is 7.77. The molecule has 217 valence electrons. The first-order valence-electron chi connectivity index (χ1n) is 14.5. The second-order valence-corrected chi connectivity index (χ2v) is 10.4. The molecule has 2 aliphatic rings. The van der Waals surface area contributed by atoms with Gasteiger partial charge in [0, 0.05) is 0 Å². The summed E-state index contributed by atoms with van der Waals surface area (Å²) in [5, 5.41) is 0. The van der Waals surface area contributed by atoms with Gasteiger partial charge in [0.15, 0.2) is 0 Å². The van der Waals surface area contributed by atoms with Crippen LogP contribution in [-0.4, -0.2) is 13.2 Å². The van der Waals surface area contributed by atoms with Gasteiger partial charge in [-0.1, -0.05) is 111 Å². The molecule has 4 nitrogen and oxygen atoms in total. The molecule has 0 saturated carbocycles. The third-order valence-electron chi connectivity index (χ3n) is 7.77. The van der Waals surface area contributed by atoms with E-state index in [1.165, 1.54) is 36.8 Å². The molecular weight excluding hydrogens is 579 g/mol. The predicted octanol–water partition coefficient (Wildman–Crippen LogP) is 9.41. The van der Waals surface area contributed by atoms with E-state index in [4.69, 9.17) is 9.47 Å². The monoisotopic (exact) mass is 615 g/mol. The van der Waals surface area contributed by atoms with E-state index in [9.17, 15) is 0 Å².